The minimum atomic E-state index is -0.0347. The van der Waals surface area contributed by atoms with Gasteiger partial charge in [-0.3, -0.25) is 4.79 Å². The highest BCUT2D eigenvalue weighted by atomic mass is 16.2. The predicted octanol–water partition coefficient (Wildman–Crippen LogP) is 1.25. The number of fused-ring (bicyclic) bond motifs is 1. The molecule has 98 valence electrons. The molecule has 2 heterocycles. The Labute approximate surface area is 114 Å². The molecule has 0 aromatic heterocycles. The highest BCUT2D eigenvalue weighted by Crippen LogP contribution is 2.31. The first-order valence-corrected chi connectivity index (χ1v) is 6.86. The summed E-state index contributed by atoms with van der Waals surface area (Å²) in [5.74, 6) is 6.33. The Hall–Kier alpha value is -1.79. The first kappa shape index (κ1) is 12.3. The molecule has 2 saturated heterocycles. The van der Waals surface area contributed by atoms with Gasteiger partial charge in [-0.25, -0.2) is 0 Å². The van der Waals surface area contributed by atoms with Crippen molar-refractivity contribution in [2.45, 2.75) is 25.4 Å². The summed E-state index contributed by atoms with van der Waals surface area (Å²) < 4.78 is 0. The van der Waals surface area contributed by atoms with Crippen LogP contribution in [0.15, 0.2) is 30.3 Å². The number of amides is 1. The number of hydrogen-bond donors (Lipinski definition) is 1. The highest BCUT2D eigenvalue weighted by molar-refractivity contribution is 5.94. The Kier molecular flexibility index (Phi) is 3.27. The van der Waals surface area contributed by atoms with Crippen molar-refractivity contribution in [2.75, 3.05) is 13.1 Å². The van der Waals surface area contributed by atoms with E-state index >= 15 is 0 Å². The van der Waals surface area contributed by atoms with Gasteiger partial charge in [0.05, 0.1) is 0 Å². The van der Waals surface area contributed by atoms with Crippen molar-refractivity contribution in [3.05, 3.63) is 35.9 Å². The maximum atomic E-state index is 12.3. The van der Waals surface area contributed by atoms with E-state index in [0.717, 1.165) is 25.1 Å². The van der Waals surface area contributed by atoms with E-state index < -0.39 is 0 Å². The fourth-order valence-electron chi connectivity index (χ4n) is 3.23. The second-order valence-corrected chi connectivity index (χ2v) is 5.40. The second-order valence-electron chi connectivity index (χ2n) is 5.40. The quantitative estimate of drug-likeness (QED) is 0.707. The van der Waals surface area contributed by atoms with Crippen LogP contribution in [0.1, 0.15) is 18.9 Å². The zero-order valence-electron chi connectivity index (χ0n) is 11.1. The molecule has 1 aromatic rings. The van der Waals surface area contributed by atoms with Gasteiger partial charge in [0.2, 0.25) is 0 Å². The molecule has 3 rings (SSSR count). The van der Waals surface area contributed by atoms with E-state index in [1.54, 1.807) is 0 Å². The number of nitrogens with zero attached hydrogens (tertiary/aromatic N) is 1. The van der Waals surface area contributed by atoms with Gasteiger partial charge in [0.15, 0.2) is 0 Å². The van der Waals surface area contributed by atoms with E-state index in [0.29, 0.717) is 18.0 Å². The van der Waals surface area contributed by atoms with Crippen LogP contribution < -0.4 is 5.32 Å². The van der Waals surface area contributed by atoms with E-state index in [9.17, 15) is 4.79 Å². The summed E-state index contributed by atoms with van der Waals surface area (Å²) in [6.07, 6.45) is 1.09. The average Bonchev–Trinajstić information content (AvgIpc) is 2.97. The summed E-state index contributed by atoms with van der Waals surface area (Å²) in [6.45, 7) is 4.07. The topological polar surface area (TPSA) is 32.3 Å². The Bertz CT molecular complexity index is 529. The molecule has 0 bridgehead atoms. The first-order valence-electron chi connectivity index (χ1n) is 6.86. The van der Waals surface area contributed by atoms with Crippen LogP contribution in [-0.2, 0) is 4.79 Å². The molecule has 3 nitrogen and oxygen atoms in total. The van der Waals surface area contributed by atoms with E-state index in [-0.39, 0.29) is 5.91 Å². The Balaban J connectivity index is 1.76. The molecule has 0 aliphatic carbocycles. The van der Waals surface area contributed by atoms with E-state index in [1.807, 2.05) is 35.2 Å². The van der Waals surface area contributed by atoms with Crippen molar-refractivity contribution >= 4 is 5.91 Å². The summed E-state index contributed by atoms with van der Waals surface area (Å²) in [5, 5.41) is 3.36. The third-order valence-corrected chi connectivity index (χ3v) is 4.10. The SMILES string of the molecule is CC1CC2CNCC2N1C(=O)C#Cc1ccccc1. The van der Waals surface area contributed by atoms with Crippen molar-refractivity contribution in [3.8, 4) is 11.8 Å². The summed E-state index contributed by atoms with van der Waals surface area (Å²) in [5.41, 5.74) is 0.892. The normalized spacial score (nSPS) is 28.7. The number of rotatable bonds is 0. The second kappa shape index (κ2) is 5.07. The lowest BCUT2D eigenvalue weighted by Crippen LogP contribution is -2.42. The molecule has 2 fully saturated rings. The third-order valence-electron chi connectivity index (χ3n) is 4.10. The standard InChI is InChI=1S/C16H18N2O/c1-12-9-14-10-17-11-15(14)18(12)16(19)8-7-13-5-3-2-4-6-13/h2-6,12,14-15,17H,9-11H2,1H3. The van der Waals surface area contributed by atoms with Crippen molar-refractivity contribution in [1.82, 2.24) is 10.2 Å². The van der Waals surface area contributed by atoms with Crippen molar-refractivity contribution < 1.29 is 4.79 Å². The van der Waals surface area contributed by atoms with Crippen LogP contribution >= 0.6 is 0 Å². The summed E-state index contributed by atoms with van der Waals surface area (Å²) in [6, 6.07) is 10.3. The van der Waals surface area contributed by atoms with Gasteiger partial charge in [-0.15, -0.1) is 0 Å². The molecule has 2 aliphatic heterocycles. The molecule has 2 aliphatic rings. The molecule has 1 N–H and O–H groups in total. The lowest BCUT2D eigenvalue weighted by molar-refractivity contribution is -0.127. The molecule has 3 heteroatoms. The zero-order chi connectivity index (χ0) is 13.2. The fourth-order valence-corrected chi connectivity index (χ4v) is 3.23. The van der Waals surface area contributed by atoms with Gasteiger partial charge in [-0.1, -0.05) is 24.1 Å². The number of hydrogen-bond acceptors (Lipinski definition) is 2. The lowest BCUT2D eigenvalue weighted by atomic mass is 10.0. The van der Waals surface area contributed by atoms with Crippen LogP contribution in [0.4, 0.5) is 0 Å². The van der Waals surface area contributed by atoms with Gasteiger partial charge >= 0.3 is 0 Å². The van der Waals surface area contributed by atoms with Crippen LogP contribution in [0.2, 0.25) is 0 Å². The molecule has 19 heavy (non-hydrogen) atoms. The molecule has 1 aromatic carbocycles. The van der Waals surface area contributed by atoms with Crippen molar-refractivity contribution in [2.24, 2.45) is 5.92 Å². The number of likely N-dealkylation sites (tertiary alicyclic amines) is 1. The van der Waals surface area contributed by atoms with E-state index in [1.165, 1.54) is 0 Å². The molecular formula is C16H18N2O. The Morgan fingerprint density at radius 2 is 2.11 bits per heavy atom. The van der Waals surface area contributed by atoms with Crippen LogP contribution in [0.25, 0.3) is 0 Å². The molecule has 0 saturated carbocycles. The largest absolute Gasteiger partial charge is 0.325 e. The summed E-state index contributed by atoms with van der Waals surface area (Å²) in [7, 11) is 0. The number of benzene rings is 1. The lowest BCUT2D eigenvalue weighted by Gasteiger charge is -2.25. The van der Waals surface area contributed by atoms with Gasteiger partial charge in [0.25, 0.3) is 5.91 Å². The minimum Gasteiger partial charge on any atom is -0.325 e. The monoisotopic (exact) mass is 254 g/mol. The fraction of sp³-hybridized carbons (Fsp3) is 0.438. The van der Waals surface area contributed by atoms with Crippen molar-refractivity contribution in [3.63, 3.8) is 0 Å². The Morgan fingerprint density at radius 3 is 2.89 bits per heavy atom. The average molecular weight is 254 g/mol. The summed E-state index contributed by atoms with van der Waals surface area (Å²) in [4.78, 5) is 14.3. The number of nitrogens with one attached hydrogen (secondary N) is 1. The molecular weight excluding hydrogens is 236 g/mol. The number of carbonyl (C=O) groups is 1. The van der Waals surface area contributed by atoms with Crippen molar-refractivity contribution in [1.29, 1.82) is 0 Å². The van der Waals surface area contributed by atoms with E-state index in [2.05, 4.69) is 24.1 Å². The van der Waals surface area contributed by atoms with Gasteiger partial charge < -0.3 is 10.2 Å². The molecule has 1 amide bonds. The molecule has 3 unspecified atom stereocenters. The zero-order valence-corrected chi connectivity index (χ0v) is 11.1. The Morgan fingerprint density at radius 1 is 1.32 bits per heavy atom. The molecule has 3 atom stereocenters. The minimum absolute atomic E-state index is 0.0347. The highest BCUT2D eigenvalue weighted by Gasteiger charge is 2.43. The van der Waals surface area contributed by atoms with Gasteiger partial charge in [0.1, 0.15) is 0 Å². The van der Waals surface area contributed by atoms with Gasteiger partial charge in [-0.05, 0) is 31.4 Å². The number of carbonyl (C=O) groups excluding carboxylic acids is 1. The first-order chi connectivity index (χ1) is 9.25. The van der Waals surface area contributed by atoms with Gasteiger partial charge in [-0.2, -0.15) is 0 Å². The molecule has 0 spiro atoms. The van der Waals surface area contributed by atoms with Gasteiger partial charge in [0, 0.05) is 36.7 Å². The van der Waals surface area contributed by atoms with Crippen LogP contribution in [0, 0.1) is 17.8 Å². The summed E-state index contributed by atoms with van der Waals surface area (Å²) >= 11 is 0. The predicted molar refractivity (Wildman–Crippen MR) is 74.4 cm³/mol. The van der Waals surface area contributed by atoms with Crippen LogP contribution in [0.3, 0.4) is 0 Å². The smallest absolute Gasteiger partial charge is 0.299 e. The maximum Gasteiger partial charge on any atom is 0.299 e. The van der Waals surface area contributed by atoms with Crippen LogP contribution in [-0.4, -0.2) is 36.0 Å². The maximum absolute atomic E-state index is 12.3. The van der Waals surface area contributed by atoms with E-state index in [4.69, 9.17) is 0 Å². The molecule has 0 radical (unpaired) electrons. The third kappa shape index (κ3) is 2.36. The van der Waals surface area contributed by atoms with Crippen LogP contribution in [0.5, 0.6) is 0 Å².